The number of amides is 1. The largest absolute Gasteiger partial charge is 0.497 e. The van der Waals surface area contributed by atoms with Gasteiger partial charge in [0.25, 0.3) is 5.91 Å². The second-order valence-corrected chi connectivity index (χ2v) is 6.87. The number of benzene rings is 2. The van der Waals surface area contributed by atoms with Gasteiger partial charge in [-0.25, -0.2) is 10.2 Å². The van der Waals surface area contributed by atoms with Crippen LogP contribution >= 0.6 is 0 Å². The standard InChI is InChI=1S/C22H21N5O7/c1-14(24-25-21(28)13-26-12-17(11-23-26)27(30)31)15-7-8-19(20(10-15)33-3)34-22(29)16-5-4-6-18(9-16)32-2/h4-12H,13H2,1-3H3,(H,25,28)/b24-14+. The first-order chi connectivity index (χ1) is 16.3. The van der Waals surface area contributed by atoms with Crippen LogP contribution in [0.4, 0.5) is 5.69 Å². The molecule has 0 unspecified atom stereocenters. The van der Waals surface area contributed by atoms with Crippen molar-refractivity contribution in [2.24, 2.45) is 5.10 Å². The number of carbonyl (C=O) groups is 2. The average Bonchev–Trinajstić information content (AvgIpc) is 3.31. The molecule has 1 heterocycles. The second-order valence-electron chi connectivity index (χ2n) is 6.87. The third-order valence-corrected chi connectivity index (χ3v) is 4.57. The molecule has 0 fully saturated rings. The van der Waals surface area contributed by atoms with E-state index < -0.39 is 16.8 Å². The molecule has 1 amide bonds. The van der Waals surface area contributed by atoms with Gasteiger partial charge >= 0.3 is 11.7 Å². The quantitative estimate of drug-likeness (QED) is 0.166. The van der Waals surface area contributed by atoms with Gasteiger partial charge in [-0.05, 0) is 43.3 Å². The lowest BCUT2D eigenvalue weighted by molar-refractivity contribution is -0.385. The number of hydrogen-bond donors (Lipinski definition) is 1. The number of aromatic nitrogens is 2. The molecule has 1 N–H and O–H groups in total. The molecule has 3 aromatic rings. The van der Waals surface area contributed by atoms with Crippen LogP contribution in [0.5, 0.6) is 17.2 Å². The Morgan fingerprint density at radius 2 is 1.91 bits per heavy atom. The number of nitro groups is 1. The number of nitrogens with zero attached hydrogens (tertiary/aromatic N) is 4. The van der Waals surface area contributed by atoms with Crippen LogP contribution < -0.4 is 19.6 Å². The van der Waals surface area contributed by atoms with Gasteiger partial charge in [0.05, 0.1) is 30.4 Å². The molecule has 176 valence electrons. The van der Waals surface area contributed by atoms with Crippen molar-refractivity contribution >= 4 is 23.3 Å². The minimum atomic E-state index is -0.602. The zero-order valence-electron chi connectivity index (χ0n) is 18.5. The molecule has 0 saturated carbocycles. The molecule has 12 heteroatoms. The zero-order chi connectivity index (χ0) is 24.7. The van der Waals surface area contributed by atoms with E-state index in [0.29, 0.717) is 28.3 Å². The predicted molar refractivity (Wildman–Crippen MR) is 120 cm³/mol. The predicted octanol–water partition coefficient (Wildman–Crippen LogP) is 2.57. The summed E-state index contributed by atoms with van der Waals surface area (Å²) in [7, 11) is 2.93. The molecule has 0 saturated heterocycles. The molecule has 3 rings (SSSR count). The molecule has 0 bridgehead atoms. The Bertz CT molecular complexity index is 1250. The lowest BCUT2D eigenvalue weighted by Gasteiger charge is -2.11. The van der Waals surface area contributed by atoms with Crippen molar-refractivity contribution in [1.82, 2.24) is 15.2 Å². The number of ether oxygens (including phenoxy) is 3. The van der Waals surface area contributed by atoms with E-state index in [1.807, 2.05) is 0 Å². The Labute approximate surface area is 193 Å². The number of esters is 1. The fraction of sp³-hybridized carbons (Fsp3) is 0.182. The van der Waals surface area contributed by atoms with Gasteiger partial charge in [-0.2, -0.15) is 10.2 Å². The van der Waals surface area contributed by atoms with E-state index in [2.05, 4.69) is 15.6 Å². The average molecular weight is 467 g/mol. The second kappa shape index (κ2) is 10.7. The summed E-state index contributed by atoms with van der Waals surface area (Å²) in [6.07, 6.45) is 2.20. The van der Waals surface area contributed by atoms with Crippen molar-refractivity contribution in [3.05, 3.63) is 76.1 Å². The van der Waals surface area contributed by atoms with Crippen molar-refractivity contribution in [2.75, 3.05) is 14.2 Å². The highest BCUT2D eigenvalue weighted by atomic mass is 16.6. The zero-order valence-corrected chi connectivity index (χ0v) is 18.5. The maximum Gasteiger partial charge on any atom is 0.343 e. The molecule has 0 aliphatic carbocycles. The van der Waals surface area contributed by atoms with Gasteiger partial charge in [-0.15, -0.1) is 0 Å². The molecule has 1 aromatic heterocycles. The minimum absolute atomic E-state index is 0.205. The molecule has 0 spiro atoms. The number of rotatable bonds is 9. The summed E-state index contributed by atoms with van der Waals surface area (Å²) in [5.74, 6) is -0.0827. The number of nitrogens with one attached hydrogen (secondary N) is 1. The lowest BCUT2D eigenvalue weighted by atomic mass is 10.1. The molecular weight excluding hydrogens is 446 g/mol. The van der Waals surface area contributed by atoms with Crippen LogP contribution in [-0.4, -0.2) is 46.5 Å². The molecule has 0 aliphatic heterocycles. The van der Waals surface area contributed by atoms with Crippen molar-refractivity contribution < 1.29 is 28.7 Å². The molecule has 0 aliphatic rings. The summed E-state index contributed by atoms with van der Waals surface area (Å²) in [5.41, 5.74) is 3.51. The van der Waals surface area contributed by atoms with Crippen LogP contribution in [0.1, 0.15) is 22.8 Å². The van der Waals surface area contributed by atoms with Crippen LogP contribution in [-0.2, 0) is 11.3 Å². The molecule has 2 aromatic carbocycles. The first-order valence-corrected chi connectivity index (χ1v) is 9.85. The van der Waals surface area contributed by atoms with Crippen molar-refractivity contribution in [2.45, 2.75) is 13.5 Å². The maximum absolute atomic E-state index is 12.5. The fourth-order valence-electron chi connectivity index (χ4n) is 2.81. The van der Waals surface area contributed by atoms with E-state index in [9.17, 15) is 19.7 Å². The Morgan fingerprint density at radius 3 is 2.59 bits per heavy atom. The first-order valence-electron chi connectivity index (χ1n) is 9.85. The Balaban J connectivity index is 1.67. The van der Waals surface area contributed by atoms with Gasteiger partial charge < -0.3 is 14.2 Å². The van der Waals surface area contributed by atoms with E-state index in [4.69, 9.17) is 14.2 Å². The Kier molecular flexibility index (Phi) is 7.54. The van der Waals surface area contributed by atoms with Crippen LogP contribution in [0.2, 0.25) is 0 Å². The van der Waals surface area contributed by atoms with Crippen molar-refractivity contribution in [3.63, 3.8) is 0 Å². The summed E-state index contributed by atoms with van der Waals surface area (Å²) in [6.45, 7) is 1.42. The third-order valence-electron chi connectivity index (χ3n) is 4.57. The highest BCUT2D eigenvalue weighted by Crippen LogP contribution is 2.29. The molecule has 34 heavy (non-hydrogen) atoms. The van der Waals surface area contributed by atoms with E-state index in [0.717, 1.165) is 17.1 Å². The normalized spacial score (nSPS) is 11.0. The monoisotopic (exact) mass is 467 g/mol. The molecule has 0 radical (unpaired) electrons. The Morgan fingerprint density at radius 1 is 1.12 bits per heavy atom. The topological polar surface area (TPSA) is 147 Å². The minimum Gasteiger partial charge on any atom is -0.497 e. The number of hydrogen-bond acceptors (Lipinski definition) is 9. The van der Waals surface area contributed by atoms with Gasteiger partial charge in [0, 0.05) is 5.56 Å². The van der Waals surface area contributed by atoms with Crippen LogP contribution in [0.25, 0.3) is 0 Å². The SMILES string of the molecule is COc1cccc(C(=O)Oc2ccc(/C(C)=N/NC(=O)Cn3cc([N+](=O)[O-])cn3)cc2OC)c1. The molecule has 12 nitrogen and oxygen atoms in total. The van der Waals surface area contributed by atoms with Gasteiger partial charge in [-0.3, -0.25) is 19.6 Å². The number of carbonyl (C=O) groups excluding carboxylic acids is 2. The summed E-state index contributed by atoms with van der Waals surface area (Å²) < 4.78 is 17.0. The maximum atomic E-state index is 12.5. The first kappa shape index (κ1) is 23.9. The van der Waals surface area contributed by atoms with E-state index in [1.165, 1.54) is 14.2 Å². The lowest BCUT2D eigenvalue weighted by Crippen LogP contribution is -2.24. The summed E-state index contributed by atoms with van der Waals surface area (Å²) in [5, 5.41) is 18.5. The van der Waals surface area contributed by atoms with Crippen molar-refractivity contribution in [1.29, 1.82) is 0 Å². The van der Waals surface area contributed by atoms with Gasteiger partial charge in [0.1, 0.15) is 24.7 Å². The van der Waals surface area contributed by atoms with Gasteiger partial charge in [0.15, 0.2) is 11.5 Å². The summed E-state index contributed by atoms with van der Waals surface area (Å²) in [4.78, 5) is 34.6. The van der Waals surface area contributed by atoms with E-state index in [1.54, 1.807) is 49.4 Å². The summed E-state index contributed by atoms with van der Waals surface area (Å²) in [6, 6.07) is 11.4. The van der Waals surface area contributed by atoms with Gasteiger partial charge in [-0.1, -0.05) is 6.07 Å². The van der Waals surface area contributed by atoms with Crippen LogP contribution in [0.3, 0.4) is 0 Å². The summed E-state index contributed by atoms with van der Waals surface area (Å²) >= 11 is 0. The number of methoxy groups -OCH3 is 2. The third kappa shape index (κ3) is 5.94. The Hall–Kier alpha value is -4.74. The van der Waals surface area contributed by atoms with E-state index >= 15 is 0 Å². The van der Waals surface area contributed by atoms with Crippen molar-refractivity contribution in [3.8, 4) is 17.2 Å². The fourth-order valence-corrected chi connectivity index (χ4v) is 2.81. The van der Waals surface area contributed by atoms with E-state index in [-0.39, 0.29) is 18.0 Å². The highest BCUT2D eigenvalue weighted by Gasteiger charge is 2.15. The van der Waals surface area contributed by atoms with Crippen LogP contribution in [0, 0.1) is 10.1 Å². The van der Waals surface area contributed by atoms with Gasteiger partial charge in [0.2, 0.25) is 0 Å². The van der Waals surface area contributed by atoms with Crippen LogP contribution in [0.15, 0.2) is 60.0 Å². The smallest absolute Gasteiger partial charge is 0.343 e. The highest BCUT2D eigenvalue weighted by molar-refractivity contribution is 6.00. The number of hydrazone groups is 1. The molecule has 0 atom stereocenters. The molecular formula is C22H21N5O7.